The Kier molecular flexibility index (Phi) is 4.52. The average Bonchev–Trinajstić information content (AvgIpc) is 2.74. The zero-order valence-electron chi connectivity index (χ0n) is 11.7. The largest absolute Gasteiger partial charge is 0.397 e. The van der Waals surface area contributed by atoms with Gasteiger partial charge in [-0.1, -0.05) is 17.7 Å². The Morgan fingerprint density at radius 3 is 2.80 bits per heavy atom. The predicted octanol–water partition coefficient (Wildman–Crippen LogP) is 2.82. The van der Waals surface area contributed by atoms with Crippen molar-refractivity contribution in [3.8, 4) is 0 Å². The Labute approximate surface area is 127 Å². The lowest BCUT2D eigenvalue weighted by Gasteiger charge is -2.19. The van der Waals surface area contributed by atoms with Crippen LogP contribution in [-0.2, 0) is 0 Å². The topological polar surface area (TPSA) is 58.4 Å². The molecule has 1 amide bonds. The van der Waals surface area contributed by atoms with Gasteiger partial charge < -0.3 is 16.0 Å². The van der Waals surface area contributed by atoms with Crippen molar-refractivity contribution >= 4 is 44.6 Å². The lowest BCUT2D eigenvalue weighted by Crippen LogP contribution is -2.38. The smallest absolute Gasteiger partial charge is 0.263 e. The first-order valence-electron chi connectivity index (χ1n) is 6.33. The Morgan fingerprint density at radius 1 is 1.50 bits per heavy atom. The number of nitrogens with one attached hydrogen (secondary N) is 1. The number of fused-ring (bicyclic) bond motifs is 1. The molecule has 4 nitrogen and oxygen atoms in total. The summed E-state index contributed by atoms with van der Waals surface area (Å²) in [5.74, 6) is -0.145. The first-order valence-corrected chi connectivity index (χ1v) is 7.52. The van der Waals surface area contributed by atoms with Crippen molar-refractivity contribution in [1.29, 1.82) is 0 Å². The third-order valence-electron chi connectivity index (χ3n) is 3.35. The number of nitrogen functional groups attached to an aromatic ring is 1. The van der Waals surface area contributed by atoms with Gasteiger partial charge in [0.25, 0.3) is 5.91 Å². The van der Waals surface area contributed by atoms with Crippen molar-refractivity contribution in [2.75, 3.05) is 26.4 Å². The van der Waals surface area contributed by atoms with Gasteiger partial charge in [-0.2, -0.15) is 0 Å². The van der Waals surface area contributed by atoms with E-state index in [0.29, 0.717) is 22.1 Å². The Balaban J connectivity index is 2.23. The third kappa shape index (κ3) is 2.90. The van der Waals surface area contributed by atoms with Crippen molar-refractivity contribution in [3.63, 3.8) is 0 Å². The highest BCUT2D eigenvalue weighted by atomic mass is 35.5. The lowest BCUT2D eigenvalue weighted by atomic mass is 10.2. The Hall–Kier alpha value is -1.30. The molecule has 0 aliphatic heterocycles. The molecule has 0 radical (unpaired) electrons. The fourth-order valence-corrected chi connectivity index (χ4v) is 3.20. The van der Waals surface area contributed by atoms with E-state index in [1.807, 2.05) is 38.1 Å². The fraction of sp³-hybridized carbons (Fsp3) is 0.357. The summed E-state index contributed by atoms with van der Waals surface area (Å²) in [6.45, 7) is 2.62. The van der Waals surface area contributed by atoms with Crippen LogP contribution in [0.2, 0.25) is 5.02 Å². The number of hydrogen-bond donors (Lipinski definition) is 2. The first-order chi connectivity index (χ1) is 9.41. The number of carbonyl (C=O) groups is 1. The van der Waals surface area contributed by atoms with Crippen molar-refractivity contribution in [1.82, 2.24) is 10.2 Å². The predicted molar refractivity (Wildman–Crippen MR) is 86.7 cm³/mol. The molecular weight excluding hydrogens is 294 g/mol. The van der Waals surface area contributed by atoms with Gasteiger partial charge in [-0.3, -0.25) is 4.79 Å². The van der Waals surface area contributed by atoms with Crippen LogP contribution < -0.4 is 11.1 Å². The van der Waals surface area contributed by atoms with Crippen molar-refractivity contribution in [3.05, 3.63) is 28.1 Å². The molecule has 0 spiro atoms. The van der Waals surface area contributed by atoms with Crippen LogP contribution in [0.1, 0.15) is 16.6 Å². The second kappa shape index (κ2) is 5.99. The van der Waals surface area contributed by atoms with Crippen LogP contribution in [0.5, 0.6) is 0 Å². The van der Waals surface area contributed by atoms with E-state index < -0.39 is 0 Å². The van der Waals surface area contributed by atoms with Gasteiger partial charge in [0, 0.05) is 22.7 Å². The quantitative estimate of drug-likeness (QED) is 0.913. The zero-order chi connectivity index (χ0) is 14.9. The molecule has 1 aromatic carbocycles. The van der Waals surface area contributed by atoms with Gasteiger partial charge in [0.05, 0.1) is 10.7 Å². The number of rotatable bonds is 4. The number of amides is 1. The monoisotopic (exact) mass is 311 g/mol. The van der Waals surface area contributed by atoms with E-state index in [0.717, 1.165) is 10.1 Å². The maximum Gasteiger partial charge on any atom is 0.263 e. The summed E-state index contributed by atoms with van der Waals surface area (Å²) in [6.07, 6.45) is 0. The van der Waals surface area contributed by atoms with Crippen LogP contribution in [0.15, 0.2) is 18.2 Å². The minimum atomic E-state index is -0.145. The summed E-state index contributed by atoms with van der Waals surface area (Å²) >= 11 is 7.51. The van der Waals surface area contributed by atoms with Gasteiger partial charge in [-0.05, 0) is 33.2 Å². The van der Waals surface area contributed by atoms with Gasteiger partial charge in [0.15, 0.2) is 0 Å². The highest BCUT2D eigenvalue weighted by molar-refractivity contribution is 7.21. The minimum absolute atomic E-state index is 0.145. The van der Waals surface area contributed by atoms with Crippen molar-refractivity contribution in [2.24, 2.45) is 0 Å². The molecule has 20 heavy (non-hydrogen) atoms. The maximum atomic E-state index is 12.2. The first kappa shape index (κ1) is 15.1. The number of halogens is 1. The average molecular weight is 312 g/mol. The zero-order valence-corrected chi connectivity index (χ0v) is 13.3. The second-order valence-electron chi connectivity index (χ2n) is 4.98. The third-order valence-corrected chi connectivity index (χ3v) is 4.83. The molecule has 3 N–H and O–H groups in total. The summed E-state index contributed by atoms with van der Waals surface area (Å²) < 4.78 is 0.931. The van der Waals surface area contributed by atoms with Crippen LogP contribution in [-0.4, -0.2) is 37.5 Å². The fourth-order valence-electron chi connectivity index (χ4n) is 1.80. The van der Waals surface area contributed by atoms with Gasteiger partial charge in [0.1, 0.15) is 4.88 Å². The molecule has 2 aromatic rings. The molecule has 1 heterocycles. The molecule has 0 aliphatic rings. The summed E-state index contributed by atoms with van der Waals surface area (Å²) in [5, 5.41) is 4.26. The Morgan fingerprint density at radius 2 is 2.20 bits per heavy atom. The van der Waals surface area contributed by atoms with Crippen molar-refractivity contribution < 1.29 is 4.79 Å². The maximum absolute atomic E-state index is 12.2. The van der Waals surface area contributed by atoms with Gasteiger partial charge in [0.2, 0.25) is 0 Å². The normalized spacial score (nSPS) is 12.8. The number of likely N-dealkylation sites (N-methyl/N-ethyl adjacent to an activating group) is 1. The van der Waals surface area contributed by atoms with Gasteiger partial charge in [-0.25, -0.2) is 0 Å². The highest BCUT2D eigenvalue weighted by Crippen LogP contribution is 2.37. The number of benzene rings is 1. The number of nitrogens with zero attached hydrogens (tertiary/aromatic N) is 1. The van der Waals surface area contributed by atoms with E-state index >= 15 is 0 Å². The van der Waals surface area contributed by atoms with Crippen LogP contribution in [0, 0.1) is 0 Å². The molecule has 6 heteroatoms. The molecule has 1 atom stereocenters. The number of nitrogens with two attached hydrogens (primary N) is 1. The SMILES string of the molecule is CC(CNC(=O)c1sc2cccc(Cl)c2c1N)N(C)C. The molecule has 0 fully saturated rings. The van der Waals surface area contributed by atoms with Crippen LogP contribution in [0.4, 0.5) is 5.69 Å². The Bertz CT molecular complexity index is 639. The minimum Gasteiger partial charge on any atom is -0.397 e. The summed E-state index contributed by atoms with van der Waals surface area (Å²) in [6, 6.07) is 5.82. The highest BCUT2D eigenvalue weighted by Gasteiger charge is 2.18. The molecule has 1 unspecified atom stereocenters. The van der Waals surface area contributed by atoms with E-state index in [2.05, 4.69) is 5.32 Å². The van der Waals surface area contributed by atoms with E-state index in [1.165, 1.54) is 11.3 Å². The molecule has 108 valence electrons. The number of carbonyl (C=O) groups excluding carboxylic acids is 1. The lowest BCUT2D eigenvalue weighted by molar-refractivity contribution is 0.0948. The van der Waals surface area contributed by atoms with E-state index in [-0.39, 0.29) is 11.9 Å². The van der Waals surface area contributed by atoms with Crippen molar-refractivity contribution in [2.45, 2.75) is 13.0 Å². The van der Waals surface area contributed by atoms with Gasteiger partial charge >= 0.3 is 0 Å². The van der Waals surface area contributed by atoms with E-state index in [1.54, 1.807) is 6.07 Å². The van der Waals surface area contributed by atoms with E-state index in [9.17, 15) is 4.79 Å². The molecule has 0 saturated heterocycles. The van der Waals surface area contributed by atoms with Gasteiger partial charge in [-0.15, -0.1) is 11.3 Å². The van der Waals surface area contributed by atoms with Crippen LogP contribution in [0.3, 0.4) is 0 Å². The molecule has 0 aliphatic carbocycles. The van der Waals surface area contributed by atoms with E-state index in [4.69, 9.17) is 17.3 Å². The molecule has 2 rings (SSSR count). The summed E-state index contributed by atoms with van der Waals surface area (Å²) in [7, 11) is 3.95. The summed E-state index contributed by atoms with van der Waals surface area (Å²) in [4.78, 5) is 14.8. The molecule has 0 saturated carbocycles. The molecular formula is C14H18ClN3OS. The number of anilines is 1. The van der Waals surface area contributed by atoms with Crippen LogP contribution >= 0.6 is 22.9 Å². The summed E-state index contributed by atoms with van der Waals surface area (Å²) in [5.41, 5.74) is 6.53. The molecule has 0 bridgehead atoms. The number of hydrogen-bond acceptors (Lipinski definition) is 4. The second-order valence-corrected chi connectivity index (χ2v) is 6.44. The standard InChI is InChI=1S/C14H18ClN3OS/c1-8(18(2)3)7-17-14(19)13-12(16)11-9(15)5-4-6-10(11)20-13/h4-6,8H,7,16H2,1-3H3,(H,17,19). The molecule has 1 aromatic heterocycles. The van der Waals surface area contributed by atoms with Crippen LogP contribution in [0.25, 0.3) is 10.1 Å². The number of thiophene rings is 1.